The van der Waals surface area contributed by atoms with E-state index in [0.29, 0.717) is 26.8 Å². The number of carbonyl (C=O) groups excluding carboxylic acids is 1. The maximum Gasteiger partial charge on any atom is 0.258 e. The Bertz CT molecular complexity index is 635. The first-order valence-electron chi connectivity index (χ1n) is 6.28. The molecule has 0 spiro atoms. The molecule has 0 saturated carbocycles. The van der Waals surface area contributed by atoms with Crippen LogP contribution in [0.4, 0.5) is 11.6 Å². The van der Waals surface area contributed by atoms with E-state index < -0.39 is 0 Å². The predicted octanol–water partition coefficient (Wildman–Crippen LogP) is 3.36. The van der Waals surface area contributed by atoms with Gasteiger partial charge in [-0.2, -0.15) is 0 Å². The Morgan fingerprint density at radius 1 is 1.29 bits per heavy atom. The summed E-state index contributed by atoms with van der Waals surface area (Å²) in [4.78, 5) is 24.2. The molecule has 0 aliphatic carbocycles. The number of halogens is 2. The van der Waals surface area contributed by atoms with Gasteiger partial charge in [0.25, 0.3) is 5.91 Å². The maximum atomic E-state index is 12.1. The third-order valence-electron chi connectivity index (χ3n) is 2.51. The van der Waals surface area contributed by atoms with E-state index >= 15 is 0 Å². The monoisotopic (exact) mass is 369 g/mol. The van der Waals surface area contributed by atoms with Gasteiger partial charge in [-0.3, -0.25) is 4.79 Å². The zero-order valence-electron chi connectivity index (χ0n) is 11.2. The smallest absolute Gasteiger partial charge is 0.258 e. The first-order valence-corrected chi connectivity index (χ1v) is 7.45. The van der Waals surface area contributed by atoms with Crippen molar-refractivity contribution in [1.29, 1.82) is 0 Å². The standard InChI is InChI=1S/C13H13BrClN5O/c1-2-3-16-12-9(15)4-8(5-19-12)13(21)20-11-7-17-10(14)6-18-11/h4-7H,2-3H2,1H3,(H,16,19)(H,18,20,21). The number of nitrogens with one attached hydrogen (secondary N) is 2. The molecule has 0 aliphatic heterocycles. The van der Waals surface area contributed by atoms with Gasteiger partial charge >= 0.3 is 0 Å². The number of nitrogens with zero attached hydrogens (tertiary/aromatic N) is 3. The summed E-state index contributed by atoms with van der Waals surface area (Å²) in [5.41, 5.74) is 0.353. The van der Waals surface area contributed by atoms with E-state index in [9.17, 15) is 4.79 Å². The van der Waals surface area contributed by atoms with Crippen molar-refractivity contribution in [3.05, 3.63) is 39.8 Å². The number of rotatable bonds is 5. The van der Waals surface area contributed by atoms with E-state index in [1.165, 1.54) is 18.6 Å². The fraction of sp³-hybridized carbons (Fsp3) is 0.231. The van der Waals surface area contributed by atoms with Crippen LogP contribution in [0.25, 0.3) is 0 Å². The molecular formula is C13H13BrClN5O. The van der Waals surface area contributed by atoms with E-state index in [-0.39, 0.29) is 5.91 Å². The van der Waals surface area contributed by atoms with Crippen molar-refractivity contribution >= 4 is 45.1 Å². The van der Waals surface area contributed by atoms with Crippen LogP contribution < -0.4 is 10.6 Å². The summed E-state index contributed by atoms with van der Waals surface area (Å²) in [5, 5.41) is 6.11. The van der Waals surface area contributed by atoms with Crippen molar-refractivity contribution in [1.82, 2.24) is 15.0 Å². The number of anilines is 2. The van der Waals surface area contributed by atoms with Crippen molar-refractivity contribution in [3.63, 3.8) is 0 Å². The molecule has 0 radical (unpaired) electrons. The molecule has 6 nitrogen and oxygen atoms in total. The van der Waals surface area contributed by atoms with Crippen LogP contribution in [0.2, 0.25) is 5.02 Å². The first kappa shape index (κ1) is 15.7. The third-order valence-corrected chi connectivity index (χ3v) is 3.21. The van der Waals surface area contributed by atoms with Crippen molar-refractivity contribution in [3.8, 4) is 0 Å². The van der Waals surface area contributed by atoms with Crippen molar-refractivity contribution in [2.24, 2.45) is 0 Å². The number of amides is 1. The molecule has 2 aromatic heterocycles. The Labute approximate surface area is 135 Å². The van der Waals surface area contributed by atoms with Gasteiger partial charge in [0.05, 0.1) is 23.0 Å². The molecule has 0 fully saturated rings. The number of carbonyl (C=O) groups is 1. The van der Waals surface area contributed by atoms with Gasteiger partial charge in [0, 0.05) is 12.7 Å². The molecule has 0 saturated heterocycles. The van der Waals surface area contributed by atoms with Gasteiger partial charge in [-0.25, -0.2) is 15.0 Å². The SMILES string of the molecule is CCCNc1ncc(C(=O)Nc2cnc(Br)cn2)cc1Cl. The predicted molar refractivity (Wildman–Crippen MR) is 85.7 cm³/mol. The Hall–Kier alpha value is -1.73. The lowest BCUT2D eigenvalue weighted by molar-refractivity contribution is 0.102. The summed E-state index contributed by atoms with van der Waals surface area (Å²) < 4.78 is 0.594. The Balaban J connectivity index is 2.08. The van der Waals surface area contributed by atoms with Gasteiger partial charge in [0.15, 0.2) is 5.82 Å². The van der Waals surface area contributed by atoms with Gasteiger partial charge in [-0.15, -0.1) is 0 Å². The van der Waals surface area contributed by atoms with E-state index in [2.05, 4.69) is 41.5 Å². The topological polar surface area (TPSA) is 79.8 Å². The molecule has 2 N–H and O–H groups in total. The average molecular weight is 371 g/mol. The Morgan fingerprint density at radius 2 is 2.10 bits per heavy atom. The van der Waals surface area contributed by atoms with Crippen LogP contribution in [0.1, 0.15) is 23.7 Å². The molecule has 2 aromatic rings. The number of hydrogen-bond acceptors (Lipinski definition) is 5. The van der Waals surface area contributed by atoms with Gasteiger partial charge in [-0.1, -0.05) is 18.5 Å². The largest absolute Gasteiger partial charge is 0.369 e. The second-order valence-corrected chi connectivity index (χ2v) is 5.38. The number of pyridine rings is 1. The molecule has 0 bridgehead atoms. The van der Waals surface area contributed by atoms with Gasteiger partial charge < -0.3 is 10.6 Å². The lowest BCUT2D eigenvalue weighted by atomic mass is 10.2. The molecule has 21 heavy (non-hydrogen) atoms. The second kappa shape index (κ2) is 7.33. The van der Waals surface area contributed by atoms with Crippen molar-refractivity contribution < 1.29 is 4.79 Å². The molecule has 0 atom stereocenters. The van der Waals surface area contributed by atoms with Crippen LogP contribution in [0, 0.1) is 0 Å². The summed E-state index contributed by atoms with van der Waals surface area (Å²) in [5.74, 6) is 0.578. The lowest BCUT2D eigenvalue weighted by Gasteiger charge is -2.08. The van der Waals surface area contributed by atoms with Crippen LogP contribution in [0.3, 0.4) is 0 Å². The van der Waals surface area contributed by atoms with Gasteiger partial charge in [0.2, 0.25) is 0 Å². The molecule has 8 heteroatoms. The fourth-order valence-corrected chi connectivity index (χ4v) is 1.94. The van der Waals surface area contributed by atoms with Crippen LogP contribution in [0.5, 0.6) is 0 Å². The van der Waals surface area contributed by atoms with E-state index in [1.54, 1.807) is 6.07 Å². The molecular weight excluding hydrogens is 358 g/mol. The third kappa shape index (κ3) is 4.37. The summed E-state index contributed by atoms with van der Waals surface area (Å²) in [7, 11) is 0. The minimum atomic E-state index is -0.344. The normalized spacial score (nSPS) is 10.2. The van der Waals surface area contributed by atoms with Crippen LogP contribution in [-0.4, -0.2) is 27.4 Å². The van der Waals surface area contributed by atoms with Crippen molar-refractivity contribution in [2.45, 2.75) is 13.3 Å². The molecule has 2 heterocycles. The zero-order chi connectivity index (χ0) is 15.2. The summed E-state index contributed by atoms with van der Waals surface area (Å²) in [6, 6.07) is 1.56. The Morgan fingerprint density at radius 3 is 2.71 bits per heavy atom. The lowest BCUT2D eigenvalue weighted by Crippen LogP contribution is -2.14. The minimum absolute atomic E-state index is 0.344. The molecule has 110 valence electrons. The van der Waals surface area contributed by atoms with E-state index in [4.69, 9.17) is 11.6 Å². The van der Waals surface area contributed by atoms with Crippen molar-refractivity contribution in [2.75, 3.05) is 17.2 Å². The van der Waals surface area contributed by atoms with Crippen LogP contribution in [0.15, 0.2) is 29.3 Å². The molecule has 2 rings (SSSR count). The Kier molecular flexibility index (Phi) is 5.46. The maximum absolute atomic E-state index is 12.1. The molecule has 0 unspecified atom stereocenters. The summed E-state index contributed by atoms with van der Waals surface area (Å²) >= 11 is 9.27. The second-order valence-electron chi connectivity index (χ2n) is 4.16. The summed E-state index contributed by atoms with van der Waals surface area (Å²) in [6.45, 7) is 2.81. The highest BCUT2D eigenvalue weighted by atomic mass is 79.9. The van der Waals surface area contributed by atoms with Gasteiger partial charge in [0.1, 0.15) is 10.4 Å². The van der Waals surface area contributed by atoms with Crippen LogP contribution >= 0.6 is 27.5 Å². The highest BCUT2D eigenvalue weighted by molar-refractivity contribution is 9.10. The van der Waals surface area contributed by atoms with E-state index in [0.717, 1.165) is 13.0 Å². The minimum Gasteiger partial charge on any atom is -0.369 e. The molecule has 0 aliphatic rings. The molecule has 1 amide bonds. The quantitative estimate of drug-likeness (QED) is 0.843. The summed E-state index contributed by atoms with van der Waals surface area (Å²) in [6.07, 6.45) is 5.38. The van der Waals surface area contributed by atoms with E-state index in [1.807, 2.05) is 6.92 Å². The zero-order valence-corrected chi connectivity index (χ0v) is 13.6. The number of hydrogen-bond donors (Lipinski definition) is 2. The first-order chi connectivity index (χ1) is 10.1. The van der Waals surface area contributed by atoms with Gasteiger partial charge in [-0.05, 0) is 28.4 Å². The highest BCUT2D eigenvalue weighted by Crippen LogP contribution is 2.20. The average Bonchev–Trinajstić information content (AvgIpc) is 2.48. The van der Waals surface area contributed by atoms with Crippen LogP contribution in [-0.2, 0) is 0 Å². The highest BCUT2D eigenvalue weighted by Gasteiger charge is 2.11. The molecule has 0 aromatic carbocycles. The fourth-order valence-electron chi connectivity index (χ4n) is 1.50. The number of aromatic nitrogens is 3.